The monoisotopic (exact) mass is 147 g/mol. The normalized spacial score (nSPS) is 12.6. The fourth-order valence-electron chi connectivity index (χ4n) is 0.370. The quantitative estimate of drug-likeness (QED) is 0.469. The van der Waals surface area contributed by atoms with E-state index in [4.69, 9.17) is 4.84 Å². The molecule has 0 fully saturated rings. The maximum absolute atomic E-state index is 10.9. The smallest absolute Gasteiger partial charge is 0.0762 e. The minimum Gasteiger partial charge on any atom is -0.761 e. The van der Waals surface area contributed by atoms with Gasteiger partial charge in [0.25, 0.3) is 0 Å². The number of rotatable bonds is 4. The molecule has 0 aliphatic heterocycles. The van der Waals surface area contributed by atoms with Gasteiger partial charge in [0.05, 0.1) is 12.3 Å². The predicted molar refractivity (Wildman–Crippen MR) is 40.0 cm³/mol. The van der Waals surface area contributed by atoms with E-state index in [9.17, 15) is 5.21 Å². The summed E-state index contributed by atoms with van der Waals surface area (Å²) in [5.41, 5.74) is -0.643. The lowest BCUT2D eigenvalue weighted by Crippen LogP contribution is -2.50. The van der Waals surface area contributed by atoms with Crippen molar-refractivity contribution >= 4 is 0 Å². The Labute approximate surface area is 61.7 Å². The Hall–Kier alpha value is -0.160. The van der Waals surface area contributed by atoms with Crippen LogP contribution in [0.5, 0.6) is 0 Å². The molecule has 10 heavy (non-hydrogen) atoms. The van der Waals surface area contributed by atoms with Crippen molar-refractivity contribution in [2.45, 2.75) is 26.4 Å². The Bertz CT molecular complexity index is 95.7. The highest BCUT2D eigenvalue weighted by atomic mass is 16.9. The van der Waals surface area contributed by atoms with Crippen LogP contribution in [-0.4, -0.2) is 24.5 Å². The number of nitrogens with one attached hydrogen (secondary N) is 1. The second kappa shape index (κ2) is 3.88. The molecule has 4 nitrogen and oxygen atoms in total. The van der Waals surface area contributed by atoms with E-state index in [-0.39, 0.29) is 0 Å². The van der Waals surface area contributed by atoms with Crippen molar-refractivity contribution in [2.24, 2.45) is 0 Å². The first-order chi connectivity index (χ1) is 4.54. The summed E-state index contributed by atoms with van der Waals surface area (Å²) in [7, 11) is 1.71. The third kappa shape index (κ3) is 2.62. The molecule has 0 saturated heterocycles. The minimum absolute atomic E-state index is 0.397. The molecule has 0 atom stereocenters. The van der Waals surface area contributed by atoms with Crippen LogP contribution in [0.4, 0.5) is 0 Å². The van der Waals surface area contributed by atoms with Gasteiger partial charge in [0.15, 0.2) is 0 Å². The van der Waals surface area contributed by atoms with E-state index in [0.29, 0.717) is 11.8 Å². The van der Waals surface area contributed by atoms with Crippen molar-refractivity contribution in [1.29, 1.82) is 0 Å². The average molecular weight is 147 g/mol. The zero-order valence-electron chi connectivity index (χ0n) is 6.97. The van der Waals surface area contributed by atoms with Crippen LogP contribution in [0.1, 0.15) is 20.8 Å². The van der Waals surface area contributed by atoms with Crippen LogP contribution in [-0.2, 0) is 4.84 Å². The molecular weight excluding hydrogens is 132 g/mol. The lowest BCUT2D eigenvalue weighted by atomic mass is 10.3. The van der Waals surface area contributed by atoms with Crippen LogP contribution in [0.25, 0.3) is 0 Å². The van der Waals surface area contributed by atoms with Crippen LogP contribution in [0, 0.1) is 5.21 Å². The van der Waals surface area contributed by atoms with Gasteiger partial charge in [0, 0.05) is 0 Å². The Morgan fingerprint density at radius 3 is 2.40 bits per heavy atom. The van der Waals surface area contributed by atoms with Gasteiger partial charge >= 0.3 is 0 Å². The molecule has 62 valence electrons. The molecule has 0 rings (SSSR count). The molecular formula is C6H15N2O2-. The molecule has 0 aromatic rings. The highest BCUT2D eigenvalue weighted by Crippen LogP contribution is 2.07. The van der Waals surface area contributed by atoms with E-state index in [1.54, 1.807) is 27.8 Å². The average Bonchev–Trinajstić information content (AvgIpc) is 1.89. The molecule has 0 aromatic heterocycles. The Balaban J connectivity index is 3.78. The molecule has 0 bridgehead atoms. The largest absolute Gasteiger partial charge is 0.761 e. The third-order valence-corrected chi connectivity index (χ3v) is 1.31. The zero-order valence-corrected chi connectivity index (χ0v) is 6.97. The fourth-order valence-corrected chi connectivity index (χ4v) is 0.370. The summed E-state index contributed by atoms with van der Waals surface area (Å²) in [6.07, 6.45) is 0. The van der Waals surface area contributed by atoms with Gasteiger partial charge in [0.1, 0.15) is 0 Å². The van der Waals surface area contributed by atoms with Gasteiger partial charge in [-0.1, -0.05) is 0 Å². The molecule has 0 unspecified atom stereocenters. The molecule has 0 aliphatic carbocycles. The van der Waals surface area contributed by atoms with Crippen LogP contribution >= 0.6 is 0 Å². The second-order valence-corrected chi connectivity index (χ2v) is 2.48. The van der Waals surface area contributed by atoms with Gasteiger partial charge in [-0.25, -0.2) is 5.23 Å². The van der Waals surface area contributed by atoms with Crippen molar-refractivity contribution < 1.29 is 4.84 Å². The van der Waals surface area contributed by atoms with Crippen molar-refractivity contribution in [2.75, 3.05) is 13.7 Å². The maximum atomic E-state index is 10.9. The minimum atomic E-state index is -0.643. The summed E-state index contributed by atoms with van der Waals surface area (Å²) in [6, 6.07) is 0. The van der Waals surface area contributed by atoms with E-state index >= 15 is 0 Å². The van der Waals surface area contributed by atoms with E-state index in [1.165, 1.54) is 0 Å². The summed E-state index contributed by atoms with van der Waals surface area (Å²) in [5.74, 6) is 0. The van der Waals surface area contributed by atoms with Crippen LogP contribution < -0.4 is 5.32 Å². The van der Waals surface area contributed by atoms with E-state index in [1.807, 2.05) is 0 Å². The highest BCUT2D eigenvalue weighted by molar-refractivity contribution is 4.71. The fraction of sp³-hybridized carbons (Fsp3) is 1.00. The van der Waals surface area contributed by atoms with Crippen molar-refractivity contribution in [3.63, 3.8) is 0 Å². The second-order valence-electron chi connectivity index (χ2n) is 2.48. The number of hydrogen-bond acceptors (Lipinski definition) is 4. The van der Waals surface area contributed by atoms with Gasteiger partial charge in [-0.3, -0.25) is 0 Å². The lowest BCUT2D eigenvalue weighted by Gasteiger charge is -2.41. The Morgan fingerprint density at radius 2 is 2.10 bits per heavy atom. The molecule has 4 heteroatoms. The lowest BCUT2D eigenvalue weighted by molar-refractivity contribution is -0.181. The Morgan fingerprint density at radius 1 is 1.60 bits per heavy atom. The molecule has 0 aliphatic rings. The van der Waals surface area contributed by atoms with Gasteiger partial charge in [0.2, 0.25) is 0 Å². The van der Waals surface area contributed by atoms with Gasteiger partial charge in [-0.05, 0) is 27.8 Å². The molecule has 0 saturated carbocycles. The van der Waals surface area contributed by atoms with E-state index in [2.05, 4.69) is 5.32 Å². The van der Waals surface area contributed by atoms with Crippen molar-refractivity contribution in [3.05, 3.63) is 5.21 Å². The zero-order chi connectivity index (χ0) is 8.20. The first-order valence-electron chi connectivity index (χ1n) is 3.33. The highest BCUT2D eigenvalue weighted by Gasteiger charge is 2.16. The standard InChI is InChI=1S/C6H15N2O2/c1-5-10-8(9)6(2,3)7-4/h7H,5H2,1-4H3/q-1. The molecule has 0 aromatic carbocycles. The van der Waals surface area contributed by atoms with Crippen LogP contribution in [0.2, 0.25) is 0 Å². The van der Waals surface area contributed by atoms with Gasteiger partial charge < -0.3 is 15.4 Å². The summed E-state index contributed by atoms with van der Waals surface area (Å²) in [4.78, 5) is 4.71. The first kappa shape index (κ1) is 9.84. The summed E-state index contributed by atoms with van der Waals surface area (Å²) >= 11 is 0. The molecule has 0 amide bonds. The number of hydrogen-bond donors (Lipinski definition) is 1. The summed E-state index contributed by atoms with van der Waals surface area (Å²) in [6.45, 7) is 5.66. The van der Waals surface area contributed by atoms with Crippen molar-refractivity contribution in [3.8, 4) is 0 Å². The molecule has 1 N–H and O–H groups in total. The topological polar surface area (TPSA) is 47.6 Å². The maximum Gasteiger partial charge on any atom is 0.0762 e. The summed E-state index contributed by atoms with van der Waals surface area (Å²) < 4.78 is 0. The van der Waals surface area contributed by atoms with E-state index < -0.39 is 5.66 Å². The van der Waals surface area contributed by atoms with E-state index in [0.717, 1.165) is 0 Å². The summed E-state index contributed by atoms with van der Waals surface area (Å²) in [5, 5.41) is 14.3. The Kier molecular flexibility index (Phi) is 3.81. The first-order valence-corrected chi connectivity index (χ1v) is 3.33. The molecule has 0 radical (unpaired) electrons. The van der Waals surface area contributed by atoms with Gasteiger partial charge in [-0.15, -0.1) is 0 Å². The predicted octanol–water partition coefficient (Wildman–Crippen LogP) is 0.693. The van der Waals surface area contributed by atoms with Crippen molar-refractivity contribution in [1.82, 2.24) is 10.5 Å². The number of hydroxylamine groups is 2. The van der Waals surface area contributed by atoms with Gasteiger partial charge in [-0.2, -0.15) is 0 Å². The van der Waals surface area contributed by atoms with Crippen LogP contribution in [0.3, 0.4) is 0 Å². The molecule has 0 spiro atoms. The number of nitrogens with zero attached hydrogens (tertiary/aromatic N) is 1. The van der Waals surface area contributed by atoms with Crippen LogP contribution in [0.15, 0.2) is 0 Å². The SMILES string of the molecule is CCON([O-])C(C)(C)NC. The molecule has 0 heterocycles. The third-order valence-electron chi connectivity index (χ3n) is 1.31.